The molecule has 1 unspecified atom stereocenters. The molecule has 0 aliphatic carbocycles. The lowest BCUT2D eigenvalue weighted by molar-refractivity contribution is 0.0526. The van der Waals surface area contributed by atoms with Crippen molar-refractivity contribution in [2.24, 2.45) is 0 Å². The number of ether oxygens (including phenoxy) is 1. The minimum atomic E-state index is -0.261. The van der Waals surface area contributed by atoms with E-state index >= 15 is 0 Å². The molecule has 142 valence electrons. The molecule has 0 saturated heterocycles. The number of aromatic nitrogens is 3. The fraction of sp³-hybridized carbons (Fsp3) is 0.364. The zero-order valence-corrected chi connectivity index (χ0v) is 16.0. The normalized spacial score (nSPS) is 12.1. The summed E-state index contributed by atoms with van der Waals surface area (Å²) in [6.07, 6.45) is 9.87. The van der Waals surface area contributed by atoms with Gasteiger partial charge in [-0.25, -0.2) is 9.78 Å². The second kappa shape index (κ2) is 9.21. The highest BCUT2D eigenvalue weighted by atomic mass is 16.5. The van der Waals surface area contributed by atoms with E-state index in [-0.39, 0.29) is 5.97 Å². The first-order valence-electron chi connectivity index (χ1n) is 9.54. The van der Waals surface area contributed by atoms with E-state index in [4.69, 9.17) is 4.74 Å². The summed E-state index contributed by atoms with van der Waals surface area (Å²) in [5.74, 6) is 0.118. The maximum Gasteiger partial charge on any atom is 0.338 e. The van der Waals surface area contributed by atoms with Crippen molar-refractivity contribution in [3.63, 3.8) is 0 Å². The van der Waals surface area contributed by atoms with Crippen LogP contribution in [0.5, 0.6) is 0 Å². The Hall–Kier alpha value is -2.82. The van der Waals surface area contributed by atoms with E-state index in [2.05, 4.69) is 39.4 Å². The standard InChI is InChI=1S/C22H27N3O2/c1-3-27-22(26)20-9-7-19(8-10-20)18(2)16-21-6-4-13-25(21)14-5-12-24-15-11-23-17-24/h4,6-11,13,15,17-18H,3,5,12,14,16H2,1-2H3. The molecule has 0 saturated carbocycles. The van der Waals surface area contributed by atoms with Crippen LogP contribution in [0.2, 0.25) is 0 Å². The molecule has 1 aromatic carbocycles. The van der Waals surface area contributed by atoms with Crippen molar-refractivity contribution in [2.45, 2.75) is 45.7 Å². The lowest BCUT2D eigenvalue weighted by Crippen LogP contribution is -2.08. The van der Waals surface area contributed by atoms with Crippen LogP contribution in [0.1, 0.15) is 47.8 Å². The molecule has 0 aliphatic heterocycles. The number of carbonyl (C=O) groups excluding carboxylic acids is 1. The van der Waals surface area contributed by atoms with Crippen LogP contribution in [-0.2, 0) is 24.2 Å². The van der Waals surface area contributed by atoms with Crippen LogP contribution in [0.15, 0.2) is 61.3 Å². The second-order valence-corrected chi connectivity index (χ2v) is 6.79. The highest BCUT2D eigenvalue weighted by Crippen LogP contribution is 2.22. The van der Waals surface area contributed by atoms with Crippen molar-refractivity contribution >= 4 is 5.97 Å². The van der Waals surface area contributed by atoms with Gasteiger partial charge in [0, 0.05) is 37.4 Å². The first-order valence-corrected chi connectivity index (χ1v) is 9.54. The Bertz CT molecular complexity index is 835. The summed E-state index contributed by atoms with van der Waals surface area (Å²) in [5, 5.41) is 0. The van der Waals surface area contributed by atoms with Crippen molar-refractivity contribution in [1.82, 2.24) is 14.1 Å². The first kappa shape index (κ1) is 19.0. The van der Waals surface area contributed by atoms with Crippen molar-refractivity contribution in [3.8, 4) is 0 Å². The molecule has 3 aromatic rings. The highest BCUT2D eigenvalue weighted by molar-refractivity contribution is 5.89. The molecule has 0 aliphatic rings. The molecule has 0 bridgehead atoms. The molecule has 2 heterocycles. The summed E-state index contributed by atoms with van der Waals surface area (Å²) in [7, 11) is 0. The van der Waals surface area contributed by atoms with Crippen molar-refractivity contribution in [1.29, 1.82) is 0 Å². The molecule has 27 heavy (non-hydrogen) atoms. The van der Waals surface area contributed by atoms with Gasteiger partial charge in [-0.3, -0.25) is 0 Å². The Morgan fingerprint density at radius 2 is 1.96 bits per heavy atom. The van der Waals surface area contributed by atoms with E-state index in [9.17, 15) is 4.79 Å². The van der Waals surface area contributed by atoms with Gasteiger partial charge in [-0.15, -0.1) is 0 Å². The van der Waals surface area contributed by atoms with Gasteiger partial charge in [0.05, 0.1) is 18.5 Å². The number of esters is 1. The predicted molar refractivity (Wildman–Crippen MR) is 106 cm³/mol. The number of hydrogen-bond donors (Lipinski definition) is 0. The van der Waals surface area contributed by atoms with E-state index in [0.29, 0.717) is 18.1 Å². The minimum Gasteiger partial charge on any atom is -0.462 e. The van der Waals surface area contributed by atoms with Gasteiger partial charge in [0.25, 0.3) is 0 Å². The van der Waals surface area contributed by atoms with Crippen LogP contribution in [0.3, 0.4) is 0 Å². The zero-order valence-electron chi connectivity index (χ0n) is 16.0. The molecule has 3 rings (SSSR count). The fourth-order valence-electron chi connectivity index (χ4n) is 3.29. The molecule has 5 nitrogen and oxygen atoms in total. The number of benzene rings is 1. The molecule has 5 heteroatoms. The SMILES string of the molecule is CCOC(=O)c1ccc(C(C)Cc2cccn2CCCn2ccnc2)cc1. The van der Waals surface area contributed by atoms with Crippen molar-refractivity contribution in [3.05, 3.63) is 78.1 Å². The quantitative estimate of drug-likeness (QED) is 0.531. The summed E-state index contributed by atoms with van der Waals surface area (Å²) < 4.78 is 9.49. The van der Waals surface area contributed by atoms with Gasteiger partial charge in [0.2, 0.25) is 0 Å². The Labute approximate surface area is 160 Å². The zero-order chi connectivity index (χ0) is 19.1. The van der Waals surface area contributed by atoms with E-state index < -0.39 is 0 Å². The van der Waals surface area contributed by atoms with Crippen molar-refractivity contribution in [2.75, 3.05) is 6.61 Å². The van der Waals surface area contributed by atoms with Gasteiger partial charge in [-0.2, -0.15) is 0 Å². The largest absolute Gasteiger partial charge is 0.462 e. The summed E-state index contributed by atoms with van der Waals surface area (Å²) in [4.78, 5) is 15.9. The third-order valence-corrected chi connectivity index (χ3v) is 4.80. The Morgan fingerprint density at radius 1 is 1.15 bits per heavy atom. The van der Waals surface area contributed by atoms with Gasteiger partial charge < -0.3 is 13.9 Å². The third-order valence-electron chi connectivity index (χ3n) is 4.80. The maximum absolute atomic E-state index is 11.8. The predicted octanol–water partition coefficient (Wildman–Crippen LogP) is 4.30. The van der Waals surface area contributed by atoms with Gasteiger partial charge in [-0.05, 0) is 55.5 Å². The monoisotopic (exact) mass is 365 g/mol. The van der Waals surface area contributed by atoms with Crippen LogP contribution in [0.4, 0.5) is 0 Å². The lowest BCUT2D eigenvalue weighted by atomic mass is 9.95. The van der Waals surface area contributed by atoms with Crippen molar-refractivity contribution < 1.29 is 9.53 Å². The van der Waals surface area contributed by atoms with E-state index in [1.807, 2.05) is 49.9 Å². The van der Waals surface area contributed by atoms with Crippen LogP contribution in [0, 0.1) is 0 Å². The van der Waals surface area contributed by atoms with E-state index in [1.165, 1.54) is 11.3 Å². The molecule has 1 atom stereocenters. The van der Waals surface area contributed by atoms with Crippen LogP contribution >= 0.6 is 0 Å². The van der Waals surface area contributed by atoms with Crippen LogP contribution < -0.4 is 0 Å². The van der Waals surface area contributed by atoms with Gasteiger partial charge >= 0.3 is 5.97 Å². The number of rotatable bonds is 9. The number of carbonyl (C=O) groups is 1. The van der Waals surface area contributed by atoms with E-state index in [0.717, 1.165) is 25.9 Å². The summed E-state index contributed by atoms with van der Waals surface area (Å²) in [6.45, 7) is 6.41. The fourth-order valence-corrected chi connectivity index (χ4v) is 3.29. The summed E-state index contributed by atoms with van der Waals surface area (Å²) in [6, 6.07) is 12.1. The van der Waals surface area contributed by atoms with E-state index in [1.54, 1.807) is 0 Å². The number of imidazole rings is 1. The summed E-state index contributed by atoms with van der Waals surface area (Å²) in [5.41, 5.74) is 3.17. The summed E-state index contributed by atoms with van der Waals surface area (Å²) >= 11 is 0. The topological polar surface area (TPSA) is 49.0 Å². The molecule has 2 aromatic heterocycles. The number of nitrogens with zero attached hydrogens (tertiary/aromatic N) is 3. The molecule has 0 amide bonds. The molecule has 0 fully saturated rings. The van der Waals surface area contributed by atoms with Crippen LogP contribution in [-0.4, -0.2) is 26.7 Å². The Morgan fingerprint density at radius 3 is 2.67 bits per heavy atom. The third kappa shape index (κ3) is 5.09. The molecular formula is C22H27N3O2. The highest BCUT2D eigenvalue weighted by Gasteiger charge is 2.12. The Kier molecular flexibility index (Phi) is 6.47. The Balaban J connectivity index is 1.57. The second-order valence-electron chi connectivity index (χ2n) is 6.79. The molecule has 0 N–H and O–H groups in total. The van der Waals surface area contributed by atoms with Gasteiger partial charge in [0.1, 0.15) is 0 Å². The number of aryl methyl sites for hydroxylation is 2. The average molecular weight is 365 g/mol. The minimum absolute atomic E-state index is 0.261. The smallest absolute Gasteiger partial charge is 0.338 e. The molecular weight excluding hydrogens is 338 g/mol. The molecule has 0 radical (unpaired) electrons. The number of hydrogen-bond acceptors (Lipinski definition) is 3. The first-order chi connectivity index (χ1) is 13.2. The van der Waals surface area contributed by atoms with Gasteiger partial charge in [0.15, 0.2) is 0 Å². The lowest BCUT2D eigenvalue weighted by Gasteiger charge is -2.15. The van der Waals surface area contributed by atoms with Crippen LogP contribution in [0.25, 0.3) is 0 Å². The molecule has 0 spiro atoms. The average Bonchev–Trinajstić information content (AvgIpc) is 3.34. The maximum atomic E-state index is 11.8. The van der Waals surface area contributed by atoms with Gasteiger partial charge in [-0.1, -0.05) is 19.1 Å².